The molecule has 0 amide bonds. The molecule has 1 aromatic rings. The van der Waals surface area contributed by atoms with Crippen molar-refractivity contribution in [1.82, 2.24) is 15.1 Å². The SMILES string of the molecule is CC(C)NCc1cnn(C2CCOC3(CCC3)C2)c1. The molecule has 3 rings (SSSR count). The summed E-state index contributed by atoms with van der Waals surface area (Å²) in [6, 6.07) is 1.05. The highest BCUT2D eigenvalue weighted by atomic mass is 16.5. The Morgan fingerprint density at radius 3 is 3.05 bits per heavy atom. The Hall–Kier alpha value is -0.870. The summed E-state index contributed by atoms with van der Waals surface area (Å²) < 4.78 is 8.15. The third-order valence-corrected chi connectivity index (χ3v) is 4.48. The maximum Gasteiger partial charge on any atom is 0.0703 e. The Bertz CT molecular complexity index is 423. The van der Waals surface area contributed by atoms with Crippen LogP contribution in [0.1, 0.15) is 57.6 Å². The molecule has 0 aromatic carbocycles. The Morgan fingerprint density at radius 2 is 2.37 bits per heavy atom. The van der Waals surface area contributed by atoms with Crippen LogP contribution in [0.15, 0.2) is 12.4 Å². The molecule has 1 atom stereocenters. The quantitative estimate of drug-likeness (QED) is 0.907. The van der Waals surface area contributed by atoms with Gasteiger partial charge in [0.2, 0.25) is 0 Å². The molecule has 1 saturated carbocycles. The first-order chi connectivity index (χ1) is 9.17. The van der Waals surface area contributed by atoms with Crippen molar-refractivity contribution in [2.75, 3.05) is 6.61 Å². The molecule has 1 aromatic heterocycles. The van der Waals surface area contributed by atoms with Gasteiger partial charge in [-0.15, -0.1) is 0 Å². The molecular formula is C15H25N3O. The molecule has 19 heavy (non-hydrogen) atoms. The van der Waals surface area contributed by atoms with Crippen molar-refractivity contribution < 1.29 is 4.74 Å². The average Bonchev–Trinajstić information content (AvgIpc) is 2.83. The molecule has 1 spiro atoms. The van der Waals surface area contributed by atoms with Gasteiger partial charge >= 0.3 is 0 Å². The zero-order valence-electron chi connectivity index (χ0n) is 12.1. The van der Waals surface area contributed by atoms with E-state index >= 15 is 0 Å². The predicted molar refractivity (Wildman–Crippen MR) is 75.0 cm³/mol. The van der Waals surface area contributed by atoms with Gasteiger partial charge in [-0.3, -0.25) is 4.68 Å². The molecule has 106 valence electrons. The highest BCUT2D eigenvalue weighted by Gasteiger charge is 2.43. The molecule has 1 N–H and O–H groups in total. The van der Waals surface area contributed by atoms with Crippen molar-refractivity contribution in [3.05, 3.63) is 18.0 Å². The summed E-state index contributed by atoms with van der Waals surface area (Å²) >= 11 is 0. The first kappa shape index (κ1) is 13.1. The first-order valence-electron chi connectivity index (χ1n) is 7.57. The predicted octanol–water partition coefficient (Wildman–Crippen LogP) is 2.66. The normalized spacial score (nSPS) is 25.7. The standard InChI is InChI=1S/C15H25N3O/c1-12(2)16-9-13-10-17-18(11-13)14-4-7-19-15(8-14)5-3-6-15/h10-12,14,16H,3-9H2,1-2H3. The zero-order valence-corrected chi connectivity index (χ0v) is 12.1. The first-order valence-corrected chi connectivity index (χ1v) is 7.57. The van der Waals surface area contributed by atoms with Crippen LogP contribution in [0.2, 0.25) is 0 Å². The van der Waals surface area contributed by atoms with Gasteiger partial charge in [0.15, 0.2) is 0 Å². The number of ether oxygens (including phenoxy) is 1. The van der Waals surface area contributed by atoms with Crippen molar-refractivity contribution in [2.45, 2.75) is 70.2 Å². The zero-order chi connectivity index (χ0) is 13.3. The number of rotatable bonds is 4. The highest BCUT2D eigenvalue weighted by Crippen LogP contribution is 2.45. The minimum Gasteiger partial charge on any atom is -0.375 e. The van der Waals surface area contributed by atoms with Crippen LogP contribution < -0.4 is 5.32 Å². The van der Waals surface area contributed by atoms with E-state index in [0.29, 0.717) is 12.1 Å². The van der Waals surface area contributed by atoms with Crippen LogP contribution in [0, 0.1) is 0 Å². The maximum absolute atomic E-state index is 5.99. The monoisotopic (exact) mass is 263 g/mol. The lowest BCUT2D eigenvalue weighted by atomic mass is 9.74. The summed E-state index contributed by atoms with van der Waals surface area (Å²) in [5.41, 5.74) is 1.48. The fraction of sp³-hybridized carbons (Fsp3) is 0.800. The fourth-order valence-corrected chi connectivity index (χ4v) is 3.14. The van der Waals surface area contributed by atoms with Gasteiger partial charge in [0.25, 0.3) is 0 Å². The van der Waals surface area contributed by atoms with Crippen LogP contribution in [0.25, 0.3) is 0 Å². The molecule has 2 fully saturated rings. The van der Waals surface area contributed by atoms with Gasteiger partial charge in [-0.1, -0.05) is 13.8 Å². The summed E-state index contributed by atoms with van der Waals surface area (Å²) in [5.74, 6) is 0. The number of nitrogens with one attached hydrogen (secondary N) is 1. The van der Waals surface area contributed by atoms with Gasteiger partial charge in [0.1, 0.15) is 0 Å². The molecule has 4 heteroatoms. The smallest absolute Gasteiger partial charge is 0.0703 e. The Morgan fingerprint density at radius 1 is 1.53 bits per heavy atom. The van der Waals surface area contributed by atoms with Crippen LogP contribution in [0.3, 0.4) is 0 Å². The molecule has 1 aliphatic heterocycles. The van der Waals surface area contributed by atoms with Crippen molar-refractivity contribution in [1.29, 1.82) is 0 Å². The lowest BCUT2D eigenvalue weighted by molar-refractivity contribution is -0.141. The van der Waals surface area contributed by atoms with E-state index in [1.54, 1.807) is 0 Å². The second kappa shape index (κ2) is 5.25. The van der Waals surface area contributed by atoms with E-state index in [4.69, 9.17) is 4.74 Å². The van der Waals surface area contributed by atoms with Crippen molar-refractivity contribution in [3.8, 4) is 0 Å². The van der Waals surface area contributed by atoms with Crippen LogP contribution in [-0.2, 0) is 11.3 Å². The largest absolute Gasteiger partial charge is 0.375 e. The van der Waals surface area contributed by atoms with Crippen LogP contribution in [0.5, 0.6) is 0 Å². The van der Waals surface area contributed by atoms with Gasteiger partial charge in [-0.25, -0.2) is 0 Å². The van der Waals surface area contributed by atoms with Crippen molar-refractivity contribution in [3.63, 3.8) is 0 Å². The summed E-state index contributed by atoms with van der Waals surface area (Å²) in [5, 5.41) is 8.00. The molecular weight excluding hydrogens is 238 g/mol. The third kappa shape index (κ3) is 2.84. The molecule has 1 saturated heterocycles. The second-order valence-corrected chi connectivity index (χ2v) is 6.40. The van der Waals surface area contributed by atoms with E-state index in [2.05, 4.69) is 35.1 Å². The van der Waals surface area contributed by atoms with Crippen molar-refractivity contribution in [2.24, 2.45) is 0 Å². The van der Waals surface area contributed by atoms with Gasteiger partial charge in [0, 0.05) is 31.0 Å². The maximum atomic E-state index is 5.99. The second-order valence-electron chi connectivity index (χ2n) is 6.40. The third-order valence-electron chi connectivity index (χ3n) is 4.48. The summed E-state index contributed by atoms with van der Waals surface area (Å²) in [6.07, 6.45) is 10.3. The van der Waals surface area contributed by atoms with Gasteiger partial charge in [0.05, 0.1) is 17.8 Å². The lowest BCUT2D eigenvalue weighted by Gasteiger charge is -2.47. The van der Waals surface area contributed by atoms with Gasteiger partial charge in [-0.2, -0.15) is 5.10 Å². The molecule has 1 unspecified atom stereocenters. The average molecular weight is 263 g/mol. The summed E-state index contributed by atoms with van der Waals surface area (Å²) in [6.45, 7) is 6.14. The Balaban J connectivity index is 1.62. The van der Waals surface area contributed by atoms with E-state index in [9.17, 15) is 0 Å². The van der Waals surface area contributed by atoms with E-state index in [1.807, 2.05) is 6.20 Å². The van der Waals surface area contributed by atoms with E-state index in [0.717, 1.165) is 26.0 Å². The Kier molecular flexibility index (Phi) is 3.63. The number of hydrogen-bond donors (Lipinski definition) is 1. The van der Waals surface area contributed by atoms with Gasteiger partial charge in [-0.05, 0) is 32.1 Å². The molecule has 1 aliphatic carbocycles. The minimum atomic E-state index is 0.200. The summed E-state index contributed by atoms with van der Waals surface area (Å²) in [7, 11) is 0. The molecule has 2 aliphatic rings. The van der Waals surface area contributed by atoms with Crippen LogP contribution >= 0.6 is 0 Å². The van der Waals surface area contributed by atoms with E-state index in [-0.39, 0.29) is 5.60 Å². The number of hydrogen-bond acceptors (Lipinski definition) is 3. The van der Waals surface area contributed by atoms with E-state index < -0.39 is 0 Å². The fourth-order valence-electron chi connectivity index (χ4n) is 3.14. The molecule has 2 heterocycles. The highest BCUT2D eigenvalue weighted by molar-refractivity contribution is 5.05. The molecule has 4 nitrogen and oxygen atoms in total. The molecule has 0 bridgehead atoms. The number of nitrogens with zero attached hydrogens (tertiary/aromatic N) is 2. The number of aromatic nitrogens is 2. The van der Waals surface area contributed by atoms with Gasteiger partial charge < -0.3 is 10.1 Å². The topological polar surface area (TPSA) is 39.1 Å². The van der Waals surface area contributed by atoms with Crippen LogP contribution in [-0.4, -0.2) is 28.0 Å². The summed E-state index contributed by atoms with van der Waals surface area (Å²) in [4.78, 5) is 0. The minimum absolute atomic E-state index is 0.200. The Labute approximate surface area is 115 Å². The molecule has 0 radical (unpaired) electrons. The van der Waals surface area contributed by atoms with Crippen LogP contribution in [0.4, 0.5) is 0 Å². The van der Waals surface area contributed by atoms with E-state index in [1.165, 1.54) is 24.8 Å². The lowest BCUT2D eigenvalue weighted by Crippen LogP contribution is -2.46. The van der Waals surface area contributed by atoms with Crippen molar-refractivity contribution >= 4 is 0 Å².